The van der Waals surface area contributed by atoms with E-state index in [2.05, 4.69) is 37.8 Å². The van der Waals surface area contributed by atoms with Gasteiger partial charge in [-0.15, -0.1) is 0 Å². The van der Waals surface area contributed by atoms with Gasteiger partial charge in [-0.1, -0.05) is 20.8 Å². The Morgan fingerprint density at radius 3 is 2.75 bits per heavy atom. The van der Waals surface area contributed by atoms with Gasteiger partial charge in [0.2, 0.25) is 0 Å². The highest BCUT2D eigenvalue weighted by Crippen LogP contribution is 2.34. The van der Waals surface area contributed by atoms with E-state index in [1.54, 1.807) is 0 Å². The SMILES string of the molecule is CC(C)(C)C1OCCC1CNC1CCSC1. The Kier molecular flexibility index (Phi) is 4.20. The van der Waals surface area contributed by atoms with Crippen LogP contribution in [0.1, 0.15) is 33.6 Å². The predicted octanol–water partition coefficient (Wildman–Crippen LogP) is 2.53. The average Bonchev–Trinajstić information content (AvgIpc) is 2.85. The van der Waals surface area contributed by atoms with Gasteiger partial charge >= 0.3 is 0 Å². The molecule has 0 saturated carbocycles. The molecule has 0 bridgehead atoms. The lowest BCUT2D eigenvalue weighted by Gasteiger charge is -2.31. The summed E-state index contributed by atoms with van der Waals surface area (Å²) in [7, 11) is 0. The molecule has 2 rings (SSSR count). The summed E-state index contributed by atoms with van der Waals surface area (Å²) in [4.78, 5) is 0. The van der Waals surface area contributed by atoms with Gasteiger partial charge in [0.05, 0.1) is 6.10 Å². The third-order valence-corrected chi connectivity index (χ3v) is 4.83. The molecule has 0 aliphatic carbocycles. The topological polar surface area (TPSA) is 21.3 Å². The van der Waals surface area contributed by atoms with Crippen molar-refractivity contribution in [2.45, 2.75) is 45.8 Å². The van der Waals surface area contributed by atoms with Crippen LogP contribution in [-0.2, 0) is 4.74 Å². The maximum Gasteiger partial charge on any atom is 0.0664 e. The lowest BCUT2D eigenvalue weighted by Crippen LogP contribution is -2.40. The molecule has 2 saturated heterocycles. The molecule has 0 aromatic rings. The quantitative estimate of drug-likeness (QED) is 0.823. The third-order valence-electron chi connectivity index (χ3n) is 3.67. The number of nitrogens with one attached hydrogen (secondary N) is 1. The second-order valence-electron chi connectivity index (χ2n) is 6.17. The highest BCUT2D eigenvalue weighted by Gasteiger charge is 2.37. The number of rotatable bonds is 3. The summed E-state index contributed by atoms with van der Waals surface area (Å²) in [5.74, 6) is 3.35. The molecule has 3 heteroatoms. The Hall–Kier alpha value is 0.270. The first-order chi connectivity index (χ1) is 7.57. The standard InChI is InChI=1S/C13H25NOS/c1-13(2,3)12-10(4-6-15-12)8-14-11-5-7-16-9-11/h10-12,14H,4-9H2,1-3H3. The fourth-order valence-corrected chi connectivity index (χ4v) is 4.00. The van der Waals surface area contributed by atoms with Crippen LogP contribution < -0.4 is 5.32 Å². The van der Waals surface area contributed by atoms with E-state index >= 15 is 0 Å². The molecular formula is C13H25NOS. The van der Waals surface area contributed by atoms with Gasteiger partial charge in [-0.2, -0.15) is 11.8 Å². The first kappa shape index (κ1) is 12.7. The summed E-state index contributed by atoms with van der Waals surface area (Å²) in [6, 6.07) is 0.756. The van der Waals surface area contributed by atoms with Gasteiger partial charge in [0.15, 0.2) is 0 Å². The summed E-state index contributed by atoms with van der Waals surface area (Å²) < 4.78 is 5.90. The van der Waals surface area contributed by atoms with E-state index in [9.17, 15) is 0 Å². The molecule has 3 atom stereocenters. The smallest absolute Gasteiger partial charge is 0.0664 e. The fraction of sp³-hybridized carbons (Fsp3) is 1.00. The van der Waals surface area contributed by atoms with Crippen LogP contribution in [0.15, 0.2) is 0 Å². The number of ether oxygens (including phenoxy) is 1. The van der Waals surface area contributed by atoms with Crippen LogP contribution in [0, 0.1) is 11.3 Å². The average molecular weight is 243 g/mol. The van der Waals surface area contributed by atoms with Crippen molar-refractivity contribution in [2.75, 3.05) is 24.7 Å². The van der Waals surface area contributed by atoms with Gasteiger partial charge < -0.3 is 10.1 Å². The second-order valence-corrected chi connectivity index (χ2v) is 7.32. The van der Waals surface area contributed by atoms with Crippen molar-refractivity contribution in [3.8, 4) is 0 Å². The first-order valence-electron chi connectivity index (χ1n) is 6.50. The maximum atomic E-state index is 5.90. The Balaban J connectivity index is 1.79. The summed E-state index contributed by atoms with van der Waals surface area (Å²) in [6.07, 6.45) is 3.02. The summed E-state index contributed by atoms with van der Waals surface area (Å²) in [5.41, 5.74) is 0.285. The molecule has 0 aromatic carbocycles. The van der Waals surface area contributed by atoms with Gasteiger partial charge in [0.25, 0.3) is 0 Å². The molecule has 2 fully saturated rings. The van der Waals surface area contributed by atoms with Crippen LogP contribution in [0.5, 0.6) is 0 Å². The molecule has 94 valence electrons. The minimum atomic E-state index is 0.285. The minimum absolute atomic E-state index is 0.285. The van der Waals surface area contributed by atoms with Crippen molar-refractivity contribution < 1.29 is 4.74 Å². The molecular weight excluding hydrogens is 218 g/mol. The van der Waals surface area contributed by atoms with E-state index in [1.165, 1.54) is 24.3 Å². The van der Waals surface area contributed by atoms with Gasteiger partial charge in [0.1, 0.15) is 0 Å². The van der Waals surface area contributed by atoms with Crippen LogP contribution in [0.3, 0.4) is 0 Å². The molecule has 16 heavy (non-hydrogen) atoms. The molecule has 0 amide bonds. The van der Waals surface area contributed by atoms with Crippen LogP contribution in [-0.4, -0.2) is 36.8 Å². The van der Waals surface area contributed by atoms with Gasteiger partial charge in [0, 0.05) is 30.9 Å². The number of thioether (sulfide) groups is 1. The van der Waals surface area contributed by atoms with E-state index in [0.717, 1.165) is 19.2 Å². The third kappa shape index (κ3) is 3.14. The van der Waals surface area contributed by atoms with Crippen molar-refractivity contribution in [3.05, 3.63) is 0 Å². The molecule has 0 spiro atoms. The van der Waals surface area contributed by atoms with Crippen molar-refractivity contribution >= 4 is 11.8 Å². The Morgan fingerprint density at radius 1 is 1.31 bits per heavy atom. The van der Waals surface area contributed by atoms with Gasteiger partial charge in [-0.3, -0.25) is 0 Å². The van der Waals surface area contributed by atoms with Gasteiger partial charge in [-0.05, 0) is 24.0 Å². The first-order valence-corrected chi connectivity index (χ1v) is 7.65. The Morgan fingerprint density at radius 2 is 2.12 bits per heavy atom. The summed E-state index contributed by atoms with van der Waals surface area (Å²) in [6.45, 7) is 8.98. The lowest BCUT2D eigenvalue weighted by molar-refractivity contribution is 0.00691. The fourth-order valence-electron chi connectivity index (χ4n) is 2.81. The zero-order valence-corrected chi connectivity index (χ0v) is 11.6. The molecule has 3 unspecified atom stereocenters. The molecule has 0 aromatic heterocycles. The van der Waals surface area contributed by atoms with Gasteiger partial charge in [-0.25, -0.2) is 0 Å². The highest BCUT2D eigenvalue weighted by molar-refractivity contribution is 7.99. The van der Waals surface area contributed by atoms with Crippen molar-refractivity contribution in [1.82, 2.24) is 5.32 Å². The van der Waals surface area contributed by atoms with E-state index in [1.807, 2.05) is 0 Å². The van der Waals surface area contributed by atoms with Crippen LogP contribution in [0.2, 0.25) is 0 Å². The van der Waals surface area contributed by atoms with Crippen molar-refractivity contribution in [2.24, 2.45) is 11.3 Å². The summed E-state index contributed by atoms with van der Waals surface area (Å²) >= 11 is 2.08. The molecule has 2 nitrogen and oxygen atoms in total. The van der Waals surface area contributed by atoms with Crippen LogP contribution in [0.4, 0.5) is 0 Å². The minimum Gasteiger partial charge on any atom is -0.377 e. The van der Waals surface area contributed by atoms with E-state index in [4.69, 9.17) is 4.74 Å². The van der Waals surface area contributed by atoms with Crippen LogP contribution >= 0.6 is 11.8 Å². The number of hydrogen-bond donors (Lipinski definition) is 1. The zero-order valence-electron chi connectivity index (χ0n) is 10.8. The van der Waals surface area contributed by atoms with E-state index < -0.39 is 0 Å². The van der Waals surface area contributed by atoms with Crippen molar-refractivity contribution in [1.29, 1.82) is 0 Å². The summed E-state index contributed by atoms with van der Waals surface area (Å²) in [5, 5.41) is 3.72. The molecule has 2 aliphatic heterocycles. The normalized spacial score (nSPS) is 35.8. The van der Waals surface area contributed by atoms with Crippen molar-refractivity contribution in [3.63, 3.8) is 0 Å². The van der Waals surface area contributed by atoms with Crippen LogP contribution in [0.25, 0.3) is 0 Å². The number of hydrogen-bond acceptors (Lipinski definition) is 3. The Labute approximate surface area is 104 Å². The molecule has 2 heterocycles. The molecule has 0 radical (unpaired) electrons. The maximum absolute atomic E-state index is 5.90. The largest absolute Gasteiger partial charge is 0.377 e. The predicted molar refractivity (Wildman–Crippen MR) is 71.0 cm³/mol. The van der Waals surface area contributed by atoms with E-state index in [0.29, 0.717) is 12.0 Å². The lowest BCUT2D eigenvalue weighted by atomic mass is 9.81. The Bertz CT molecular complexity index is 220. The molecule has 1 N–H and O–H groups in total. The highest BCUT2D eigenvalue weighted by atomic mass is 32.2. The second kappa shape index (κ2) is 5.28. The molecule has 2 aliphatic rings. The zero-order chi connectivity index (χ0) is 11.6. The monoisotopic (exact) mass is 243 g/mol. The van der Waals surface area contributed by atoms with E-state index in [-0.39, 0.29) is 5.41 Å².